The molecule has 1 unspecified atom stereocenters. The second-order valence-electron chi connectivity index (χ2n) is 6.48. The van der Waals surface area contributed by atoms with Crippen molar-refractivity contribution < 1.29 is 4.74 Å². The molecule has 0 aliphatic rings. The van der Waals surface area contributed by atoms with Crippen molar-refractivity contribution in [3.05, 3.63) is 48.5 Å². The van der Waals surface area contributed by atoms with Crippen molar-refractivity contribution >= 4 is 5.96 Å². The van der Waals surface area contributed by atoms with Crippen LogP contribution in [0.1, 0.15) is 32.8 Å². The lowest BCUT2D eigenvalue weighted by Gasteiger charge is -2.21. The maximum Gasteiger partial charge on any atom is 0.191 e. The molecule has 0 saturated heterocycles. The molecule has 0 radical (unpaired) electrons. The SMILES string of the molecule is CCOC(CCNC(=NC)NCc1ccccc1-n1ccnc1)C(C)C. The lowest BCUT2D eigenvalue weighted by molar-refractivity contribution is 0.0258. The van der Waals surface area contributed by atoms with Crippen molar-refractivity contribution in [1.29, 1.82) is 0 Å². The first kappa shape index (κ1) is 20.0. The highest BCUT2D eigenvalue weighted by Crippen LogP contribution is 2.14. The zero-order chi connectivity index (χ0) is 18.8. The fourth-order valence-corrected chi connectivity index (χ4v) is 2.87. The number of nitrogens with zero attached hydrogens (tertiary/aromatic N) is 3. The molecule has 0 aliphatic heterocycles. The first-order chi connectivity index (χ1) is 12.7. The summed E-state index contributed by atoms with van der Waals surface area (Å²) in [6.45, 7) is 8.70. The number of benzene rings is 1. The van der Waals surface area contributed by atoms with E-state index in [0.29, 0.717) is 12.5 Å². The Labute approximate surface area is 156 Å². The second kappa shape index (κ2) is 10.6. The summed E-state index contributed by atoms with van der Waals surface area (Å²) in [5, 5.41) is 6.76. The first-order valence-corrected chi connectivity index (χ1v) is 9.28. The molecule has 2 aromatic rings. The van der Waals surface area contributed by atoms with Crippen LogP contribution in [0.2, 0.25) is 0 Å². The number of nitrogens with one attached hydrogen (secondary N) is 2. The van der Waals surface area contributed by atoms with Gasteiger partial charge in [-0.1, -0.05) is 32.0 Å². The van der Waals surface area contributed by atoms with Gasteiger partial charge in [-0.25, -0.2) is 4.98 Å². The van der Waals surface area contributed by atoms with Crippen LogP contribution in [0.5, 0.6) is 0 Å². The summed E-state index contributed by atoms with van der Waals surface area (Å²) in [6.07, 6.45) is 6.77. The molecule has 2 rings (SSSR count). The van der Waals surface area contributed by atoms with E-state index in [9.17, 15) is 0 Å². The molecular weight excluding hydrogens is 326 g/mol. The van der Waals surface area contributed by atoms with E-state index in [1.165, 1.54) is 5.56 Å². The normalized spacial score (nSPS) is 13.0. The van der Waals surface area contributed by atoms with Crippen LogP contribution in [0.4, 0.5) is 0 Å². The molecule has 0 saturated carbocycles. The first-order valence-electron chi connectivity index (χ1n) is 9.28. The molecule has 0 spiro atoms. The van der Waals surface area contributed by atoms with Crippen LogP contribution in [0.3, 0.4) is 0 Å². The highest BCUT2D eigenvalue weighted by molar-refractivity contribution is 5.79. The summed E-state index contributed by atoms with van der Waals surface area (Å²) in [7, 11) is 1.79. The van der Waals surface area contributed by atoms with Gasteiger partial charge in [0.2, 0.25) is 0 Å². The van der Waals surface area contributed by atoms with Crippen LogP contribution in [0, 0.1) is 5.92 Å². The average Bonchev–Trinajstić information content (AvgIpc) is 3.18. The van der Waals surface area contributed by atoms with E-state index < -0.39 is 0 Å². The molecule has 0 bridgehead atoms. The van der Waals surface area contributed by atoms with E-state index in [0.717, 1.165) is 31.2 Å². The third-order valence-electron chi connectivity index (χ3n) is 4.29. The summed E-state index contributed by atoms with van der Waals surface area (Å²) in [6, 6.07) is 8.28. The number of hydrogen-bond acceptors (Lipinski definition) is 3. The molecular formula is C20H31N5O. The Kier molecular flexibility index (Phi) is 8.15. The summed E-state index contributed by atoms with van der Waals surface area (Å²) in [4.78, 5) is 8.45. The number of aromatic nitrogens is 2. The molecule has 1 aromatic heterocycles. The van der Waals surface area contributed by atoms with Crippen LogP contribution in [0.25, 0.3) is 5.69 Å². The topological polar surface area (TPSA) is 63.5 Å². The lowest BCUT2D eigenvalue weighted by Crippen LogP contribution is -2.39. The second-order valence-corrected chi connectivity index (χ2v) is 6.48. The zero-order valence-electron chi connectivity index (χ0n) is 16.3. The fourth-order valence-electron chi connectivity index (χ4n) is 2.87. The number of guanidine groups is 1. The Balaban J connectivity index is 1.88. The van der Waals surface area contributed by atoms with E-state index in [4.69, 9.17) is 4.74 Å². The maximum absolute atomic E-state index is 5.80. The Morgan fingerprint density at radius 2 is 2.08 bits per heavy atom. The van der Waals surface area contributed by atoms with E-state index in [1.54, 1.807) is 13.2 Å². The van der Waals surface area contributed by atoms with E-state index in [2.05, 4.69) is 46.6 Å². The molecule has 6 heteroatoms. The number of hydrogen-bond donors (Lipinski definition) is 2. The molecule has 142 valence electrons. The van der Waals surface area contributed by atoms with Crippen molar-refractivity contribution in [1.82, 2.24) is 20.2 Å². The predicted octanol–water partition coefficient (Wildman–Crippen LogP) is 2.99. The Morgan fingerprint density at radius 1 is 1.27 bits per heavy atom. The average molecular weight is 358 g/mol. The number of imidazole rings is 1. The van der Waals surface area contributed by atoms with Gasteiger partial charge in [0.15, 0.2) is 5.96 Å². The molecule has 0 amide bonds. The van der Waals surface area contributed by atoms with Gasteiger partial charge in [-0.05, 0) is 30.9 Å². The Hall–Kier alpha value is -2.34. The molecule has 2 N–H and O–H groups in total. The minimum absolute atomic E-state index is 0.271. The highest BCUT2D eigenvalue weighted by atomic mass is 16.5. The van der Waals surface area contributed by atoms with Crippen molar-refractivity contribution in [3.63, 3.8) is 0 Å². The van der Waals surface area contributed by atoms with Gasteiger partial charge in [0.25, 0.3) is 0 Å². The largest absolute Gasteiger partial charge is 0.378 e. The lowest BCUT2D eigenvalue weighted by atomic mass is 10.0. The smallest absolute Gasteiger partial charge is 0.191 e. The predicted molar refractivity (Wildman–Crippen MR) is 107 cm³/mol. The summed E-state index contributed by atoms with van der Waals surface area (Å²) < 4.78 is 7.81. The van der Waals surface area contributed by atoms with Gasteiger partial charge in [0, 0.05) is 39.1 Å². The molecule has 6 nitrogen and oxygen atoms in total. The maximum atomic E-state index is 5.80. The van der Waals surface area contributed by atoms with Crippen LogP contribution >= 0.6 is 0 Å². The number of rotatable bonds is 9. The van der Waals surface area contributed by atoms with Crippen molar-refractivity contribution in [2.45, 2.75) is 39.8 Å². The van der Waals surface area contributed by atoms with E-state index in [1.807, 2.05) is 36.1 Å². The third-order valence-corrected chi connectivity index (χ3v) is 4.29. The van der Waals surface area contributed by atoms with Gasteiger partial charge >= 0.3 is 0 Å². The summed E-state index contributed by atoms with van der Waals surface area (Å²) in [5.41, 5.74) is 2.30. The summed E-state index contributed by atoms with van der Waals surface area (Å²) in [5.74, 6) is 1.30. The zero-order valence-corrected chi connectivity index (χ0v) is 16.3. The van der Waals surface area contributed by atoms with E-state index in [-0.39, 0.29) is 6.10 Å². The Morgan fingerprint density at radius 3 is 2.73 bits per heavy atom. The van der Waals surface area contributed by atoms with Crippen LogP contribution in [-0.2, 0) is 11.3 Å². The van der Waals surface area contributed by atoms with Gasteiger partial charge in [-0.3, -0.25) is 4.99 Å². The molecule has 1 heterocycles. The van der Waals surface area contributed by atoms with Crippen LogP contribution in [-0.4, -0.2) is 41.8 Å². The third kappa shape index (κ3) is 5.88. The molecule has 1 aromatic carbocycles. The van der Waals surface area contributed by atoms with Crippen LogP contribution in [0.15, 0.2) is 48.0 Å². The van der Waals surface area contributed by atoms with Crippen LogP contribution < -0.4 is 10.6 Å². The van der Waals surface area contributed by atoms with Crippen molar-refractivity contribution in [3.8, 4) is 5.69 Å². The van der Waals surface area contributed by atoms with Crippen molar-refractivity contribution in [2.24, 2.45) is 10.9 Å². The number of ether oxygens (including phenoxy) is 1. The minimum Gasteiger partial charge on any atom is -0.378 e. The standard InChI is InChI=1S/C20H31N5O/c1-5-26-19(16(2)3)10-11-23-20(21-4)24-14-17-8-6-7-9-18(17)25-13-12-22-15-25/h6-9,12-13,15-16,19H,5,10-11,14H2,1-4H3,(H2,21,23,24). The van der Waals surface area contributed by atoms with E-state index >= 15 is 0 Å². The van der Waals surface area contributed by atoms with Crippen molar-refractivity contribution in [2.75, 3.05) is 20.2 Å². The molecule has 1 atom stereocenters. The quantitative estimate of drug-likeness (QED) is 0.535. The molecule has 26 heavy (non-hydrogen) atoms. The highest BCUT2D eigenvalue weighted by Gasteiger charge is 2.13. The molecule has 0 fully saturated rings. The number of para-hydroxylation sites is 1. The van der Waals surface area contributed by atoms with Gasteiger partial charge in [0.05, 0.1) is 18.1 Å². The van der Waals surface area contributed by atoms with Gasteiger partial charge in [-0.2, -0.15) is 0 Å². The molecule has 0 aliphatic carbocycles. The fraction of sp³-hybridized carbons (Fsp3) is 0.500. The van der Waals surface area contributed by atoms with Gasteiger partial charge in [0.1, 0.15) is 0 Å². The monoisotopic (exact) mass is 357 g/mol. The minimum atomic E-state index is 0.271. The Bertz CT molecular complexity index is 667. The summed E-state index contributed by atoms with van der Waals surface area (Å²) >= 11 is 0. The van der Waals surface area contributed by atoms with Gasteiger partial charge in [-0.15, -0.1) is 0 Å². The van der Waals surface area contributed by atoms with Gasteiger partial charge < -0.3 is 19.9 Å². The number of aliphatic imine (C=N–C) groups is 1.